The molecule has 2 atom stereocenters. The minimum Gasteiger partial charge on any atom is -0.459 e. The molecular formula is C19H22F6O6. The molecule has 4 aliphatic carbocycles. The molecule has 6 nitrogen and oxygen atoms in total. The standard InChI is InChI=1S/C19H22F6O6/c1-16(20,21)7-30-15(28)31-9-19(24,25)18(22,23)8-29-14(27)17-4-10-2-11(5-17)13(26)12(3-10)6-17/h10-12H,2-9H2,1H3. The highest BCUT2D eigenvalue weighted by Gasteiger charge is 2.61. The Morgan fingerprint density at radius 1 is 0.871 bits per heavy atom. The van der Waals surface area contributed by atoms with Gasteiger partial charge in [0.05, 0.1) is 5.41 Å². The SMILES string of the molecule is CC(F)(F)COC(=O)OCC(F)(F)C(F)(F)COC(=O)C12CC3CC(C1)C(=O)C(C3)C2. The molecule has 0 amide bonds. The van der Waals surface area contributed by atoms with Crippen LogP contribution >= 0.6 is 0 Å². The summed E-state index contributed by atoms with van der Waals surface area (Å²) in [6.07, 6.45) is -0.00285. The van der Waals surface area contributed by atoms with Gasteiger partial charge >= 0.3 is 24.0 Å². The van der Waals surface area contributed by atoms with Gasteiger partial charge in [0.15, 0.2) is 19.8 Å². The minimum atomic E-state index is -4.95. The van der Waals surface area contributed by atoms with Gasteiger partial charge < -0.3 is 14.2 Å². The molecule has 0 N–H and O–H groups in total. The summed E-state index contributed by atoms with van der Waals surface area (Å²) in [6.45, 7) is -5.20. The number of alkyl halides is 6. The van der Waals surface area contributed by atoms with Crippen molar-refractivity contribution >= 4 is 17.9 Å². The van der Waals surface area contributed by atoms with E-state index >= 15 is 0 Å². The molecule has 0 saturated heterocycles. The number of ether oxygens (including phenoxy) is 3. The molecular weight excluding hydrogens is 438 g/mol. The molecule has 0 aromatic carbocycles. The number of rotatable bonds is 8. The van der Waals surface area contributed by atoms with Crippen molar-refractivity contribution in [3.8, 4) is 0 Å². The van der Waals surface area contributed by atoms with E-state index in [1.54, 1.807) is 0 Å². The third-order valence-electron chi connectivity index (χ3n) is 6.16. The van der Waals surface area contributed by atoms with E-state index in [4.69, 9.17) is 0 Å². The number of halogens is 6. The minimum absolute atomic E-state index is 0.0566. The Kier molecular flexibility index (Phi) is 5.98. The first-order chi connectivity index (χ1) is 14.1. The molecule has 0 spiro atoms. The lowest BCUT2D eigenvalue weighted by Crippen LogP contribution is -2.56. The van der Waals surface area contributed by atoms with E-state index < -0.39 is 55.1 Å². The summed E-state index contributed by atoms with van der Waals surface area (Å²) in [5, 5.41) is 0. The van der Waals surface area contributed by atoms with Crippen molar-refractivity contribution in [1.29, 1.82) is 0 Å². The fourth-order valence-corrected chi connectivity index (χ4v) is 4.89. The third-order valence-corrected chi connectivity index (χ3v) is 6.16. The predicted octanol–water partition coefficient (Wildman–Crippen LogP) is 4.00. The molecule has 31 heavy (non-hydrogen) atoms. The summed E-state index contributed by atoms with van der Waals surface area (Å²) >= 11 is 0. The van der Waals surface area contributed by atoms with Crippen LogP contribution in [0.4, 0.5) is 31.1 Å². The van der Waals surface area contributed by atoms with E-state index in [0.717, 1.165) is 0 Å². The maximum absolute atomic E-state index is 14.0. The van der Waals surface area contributed by atoms with Crippen molar-refractivity contribution < 1.29 is 54.9 Å². The number of carbonyl (C=O) groups excluding carboxylic acids is 3. The van der Waals surface area contributed by atoms with E-state index in [-0.39, 0.29) is 36.4 Å². The highest BCUT2D eigenvalue weighted by molar-refractivity contribution is 5.89. The molecule has 4 saturated carbocycles. The van der Waals surface area contributed by atoms with Crippen LogP contribution in [0, 0.1) is 23.2 Å². The second kappa shape index (κ2) is 7.84. The van der Waals surface area contributed by atoms with Gasteiger partial charge in [0.2, 0.25) is 0 Å². The quantitative estimate of drug-likeness (QED) is 0.403. The first-order valence-corrected chi connectivity index (χ1v) is 9.78. The largest absolute Gasteiger partial charge is 0.508 e. The van der Waals surface area contributed by atoms with Gasteiger partial charge in [-0.25, -0.2) is 13.6 Å². The first-order valence-electron chi connectivity index (χ1n) is 9.78. The fraction of sp³-hybridized carbons (Fsp3) is 0.842. The van der Waals surface area contributed by atoms with E-state index in [1.165, 1.54) is 0 Å². The monoisotopic (exact) mass is 460 g/mol. The maximum atomic E-state index is 14.0. The number of hydrogen-bond acceptors (Lipinski definition) is 6. The molecule has 0 aromatic rings. The molecule has 0 aliphatic heterocycles. The molecule has 4 bridgehead atoms. The summed E-state index contributed by atoms with van der Waals surface area (Å²) in [4.78, 5) is 35.7. The van der Waals surface area contributed by atoms with Crippen molar-refractivity contribution in [3.05, 3.63) is 0 Å². The lowest BCUT2D eigenvalue weighted by atomic mass is 9.49. The van der Waals surface area contributed by atoms with Crippen LogP contribution in [0.3, 0.4) is 0 Å². The molecule has 4 aliphatic rings. The van der Waals surface area contributed by atoms with Crippen molar-refractivity contribution in [2.75, 3.05) is 19.8 Å². The lowest BCUT2D eigenvalue weighted by Gasteiger charge is -2.54. The number of esters is 1. The Hall–Kier alpha value is -2.01. The van der Waals surface area contributed by atoms with Gasteiger partial charge in [0, 0.05) is 18.8 Å². The number of carbonyl (C=O) groups is 3. The summed E-state index contributed by atoms with van der Waals surface area (Å²) in [7, 11) is 0. The van der Waals surface area contributed by atoms with Gasteiger partial charge in [-0.05, 0) is 38.0 Å². The summed E-state index contributed by atoms with van der Waals surface area (Å²) in [5.41, 5.74) is -1.12. The van der Waals surface area contributed by atoms with Gasteiger partial charge in [-0.2, -0.15) is 17.6 Å². The molecule has 0 aromatic heterocycles. The van der Waals surface area contributed by atoms with Crippen LogP contribution in [0.5, 0.6) is 0 Å². The van der Waals surface area contributed by atoms with E-state index in [2.05, 4.69) is 14.2 Å². The lowest BCUT2D eigenvalue weighted by molar-refractivity contribution is -0.248. The average molecular weight is 460 g/mol. The summed E-state index contributed by atoms with van der Waals surface area (Å²) in [6, 6.07) is 0. The van der Waals surface area contributed by atoms with Crippen LogP contribution in [-0.2, 0) is 23.8 Å². The highest BCUT2D eigenvalue weighted by Crippen LogP contribution is 2.59. The number of Topliss-reactive ketones (excluding diaryl/α,β-unsaturated/α-hetero) is 1. The van der Waals surface area contributed by atoms with Gasteiger partial charge in [-0.15, -0.1) is 0 Å². The zero-order valence-electron chi connectivity index (χ0n) is 16.6. The first kappa shape index (κ1) is 23.6. The zero-order chi connectivity index (χ0) is 23.2. The molecule has 2 unspecified atom stereocenters. The Labute approximate surface area is 173 Å². The van der Waals surface area contributed by atoms with Crippen LogP contribution < -0.4 is 0 Å². The van der Waals surface area contributed by atoms with E-state index in [9.17, 15) is 40.7 Å². The third kappa shape index (κ3) is 4.92. The second-order valence-electron chi connectivity index (χ2n) is 8.91. The molecule has 4 fully saturated rings. The van der Waals surface area contributed by atoms with Crippen molar-refractivity contribution in [2.45, 2.75) is 56.8 Å². The smallest absolute Gasteiger partial charge is 0.459 e. The maximum Gasteiger partial charge on any atom is 0.508 e. The van der Waals surface area contributed by atoms with Gasteiger partial charge in [-0.3, -0.25) is 9.59 Å². The van der Waals surface area contributed by atoms with Crippen molar-refractivity contribution in [1.82, 2.24) is 0 Å². The second-order valence-corrected chi connectivity index (χ2v) is 8.91. The van der Waals surface area contributed by atoms with Crippen LogP contribution in [0.2, 0.25) is 0 Å². The van der Waals surface area contributed by atoms with Gasteiger partial charge in [0.1, 0.15) is 5.78 Å². The number of ketones is 1. The Morgan fingerprint density at radius 3 is 1.87 bits per heavy atom. The van der Waals surface area contributed by atoms with Crippen LogP contribution in [0.1, 0.15) is 39.0 Å². The summed E-state index contributed by atoms with van der Waals surface area (Å²) in [5.74, 6) is -14.9. The highest BCUT2D eigenvalue weighted by atomic mass is 19.3. The zero-order valence-corrected chi connectivity index (χ0v) is 16.6. The summed E-state index contributed by atoms with van der Waals surface area (Å²) < 4.78 is 93.0. The Bertz CT molecular complexity index is 731. The van der Waals surface area contributed by atoms with E-state index in [0.29, 0.717) is 26.2 Å². The molecule has 4 rings (SSSR count). The van der Waals surface area contributed by atoms with Crippen molar-refractivity contribution in [2.24, 2.45) is 23.2 Å². The molecule has 12 heteroatoms. The molecule has 176 valence electrons. The fourth-order valence-electron chi connectivity index (χ4n) is 4.89. The van der Waals surface area contributed by atoms with Crippen LogP contribution in [0.25, 0.3) is 0 Å². The van der Waals surface area contributed by atoms with Crippen molar-refractivity contribution in [3.63, 3.8) is 0 Å². The average Bonchev–Trinajstić information content (AvgIpc) is 2.65. The van der Waals surface area contributed by atoms with E-state index in [1.807, 2.05) is 0 Å². The Balaban J connectivity index is 1.53. The number of hydrogen-bond donors (Lipinski definition) is 0. The predicted molar refractivity (Wildman–Crippen MR) is 89.8 cm³/mol. The van der Waals surface area contributed by atoms with Crippen LogP contribution in [-0.4, -0.2) is 55.5 Å². The van der Waals surface area contributed by atoms with Crippen LogP contribution in [0.15, 0.2) is 0 Å². The van der Waals surface area contributed by atoms with Gasteiger partial charge in [0.25, 0.3) is 5.92 Å². The Morgan fingerprint density at radius 2 is 1.35 bits per heavy atom. The molecule has 0 radical (unpaired) electrons. The normalized spacial score (nSPS) is 30.3. The molecule has 0 heterocycles. The van der Waals surface area contributed by atoms with Gasteiger partial charge in [-0.1, -0.05) is 0 Å². The topological polar surface area (TPSA) is 78.9 Å².